The highest BCUT2D eigenvalue weighted by Gasteiger charge is 2.38. The second-order valence-corrected chi connectivity index (χ2v) is 14.1. The van der Waals surface area contributed by atoms with E-state index < -0.39 is 16.1 Å². The van der Waals surface area contributed by atoms with Gasteiger partial charge in [0.05, 0.1) is 4.90 Å². The van der Waals surface area contributed by atoms with Crippen LogP contribution in [0.5, 0.6) is 0 Å². The molecular weight excluding hydrogens is 539 g/mol. The zero-order valence-electron chi connectivity index (χ0n) is 24.8. The number of hydrogen-bond donors (Lipinski definition) is 0. The second kappa shape index (κ2) is 14.2. The summed E-state index contributed by atoms with van der Waals surface area (Å²) in [4.78, 5) is 20.7. The van der Waals surface area contributed by atoms with Crippen LogP contribution < -0.4 is 0 Å². The van der Waals surface area contributed by atoms with E-state index in [1.165, 1.54) is 4.31 Å². The third kappa shape index (κ3) is 8.35. The van der Waals surface area contributed by atoms with Gasteiger partial charge < -0.3 is 4.90 Å². The van der Waals surface area contributed by atoms with Gasteiger partial charge in [0, 0.05) is 37.1 Å². The SMILES string of the molecule is CN=C(C)/C=C(\C)CN([C@@H](Cc1ccccc1)C(=O)N(CC(C)C)CC(C)C)S(=O)(=O)c1ccc2sccc2c1. The van der Waals surface area contributed by atoms with Gasteiger partial charge in [-0.2, -0.15) is 4.31 Å². The summed E-state index contributed by atoms with van der Waals surface area (Å²) in [6, 6.07) is 15.9. The van der Waals surface area contributed by atoms with Crippen LogP contribution in [0.3, 0.4) is 0 Å². The molecule has 8 heteroatoms. The van der Waals surface area contributed by atoms with Crippen molar-refractivity contribution in [2.24, 2.45) is 16.8 Å². The van der Waals surface area contributed by atoms with Crippen LogP contribution >= 0.6 is 11.3 Å². The number of fused-ring (bicyclic) bond motifs is 1. The molecule has 0 aliphatic rings. The summed E-state index contributed by atoms with van der Waals surface area (Å²) in [6.45, 7) is 13.3. The Kier molecular flexibility index (Phi) is 11.3. The molecule has 0 aliphatic heterocycles. The molecule has 2 aromatic carbocycles. The number of allylic oxidation sites excluding steroid dienone is 1. The predicted molar refractivity (Wildman–Crippen MR) is 169 cm³/mol. The summed E-state index contributed by atoms with van der Waals surface area (Å²) >= 11 is 1.57. The van der Waals surface area contributed by atoms with Crippen molar-refractivity contribution in [3.8, 4) is 0 Å². The Labute approximate surface area is 244 Å². The highest BCUT2D eigenvalue weighted by molar-refractivity contribution is 7.89. The average molecular weight is 582 g/mol. The van der Waals surface area contributed by atoms with Gasteiger partial charge >= 0.3 is 0 Å². The molecule has 0 saturated heterocycles. The molecule has 0 unspecified atom stereocenters. The van der Waals surface area contributed by atoms with Crippen LogP contribution in [0.2, 0.25) is 0 Å². The van der Waals surface area contributed by atoms with E-state index in [1.54, 1.807) is 30.5 Å². The smallest absolute Gasteiger partial charge is 0.244 e. The Bertz CT molecular complexity index is 1430. The molecule has 216 valence electrons. The molecule has 3 aromatic rings. The molecule has 1 atom stereocenters. The van der Waals surface area contributed by atoms with Crippen LogP contribution in [-0.2, 0) is 21.2 Å². The van der Waals surface area contributed by atoms with E-state index in [0.29, 0.717) is 13.1 Å². The normalized spacial score (nSPS) is 13.9. The zero-order chi connectivity index (χ0) is 29.4. The molecule has 0 aliphatic carbocycles. The van der Waals surface area contributed by atoms with Crippen LogP contribution in [0.1, 0.15) is 47.1 Å². The van der Waals surface area contributed by atoms with Crippen LogP contribution in [-0.4, -0.2) is 62.0 Å². The molecule has 0 bridgehead atoms. The van der Waals surface area contributed by atoms with Gasteiger partial charge in [-0.25, -0.2) is 8.42 Å². The van der Waals surface area contributed by atoms with Crippen molar-refractivity contribution in [2.75, 3.05) is 26.7 Å². The van der Waals surface area contributed by atoms with Gasteiger partial charge in [-0.1, -0.05) is 63.6 Å². The first-order valence-corrected chi connectivity index (χ1v) is 16.2. The minimum Gasteiger partial charge on any atom is -0.341 e. The number of nitrogens with zero attached hydrogens (tertiary/aromatic N) is 3. The quantitative estimate of drug-likeness (QED) is 0.211. The fourth-order valence-electron chi connectivity index (χ4n) is 4.81. The lowest BCUT2D eigenvalue weighted by Crippen LogP contribution is -2.53. The number of benzene rings is 2. The minimum atomic E-state index is -4.05. The van der Waals surface area contributed by atoms with E-state index in [4.69, 9.17) is 0 Å². The lowest BCUT2D eigenvalue weighted by atomic mass is 10.0. The molecule has 0 saturated carbocycles. The third-order valence-corrected chi connectivity index (χ3v) is 9.38. The molecule has 0 fully saturated rings. The number of carbonyl (C=O) groups is 1. The number of rotatable bonds is 13. The van der Waals surface area contributed by atoms with Crippen molar-refractivity contribution in [1.29, 1.82) is 0 Å². The van der Waals surface area contributed by atoms with Crippen molar-refractivity contribution in [1.82, 2.24) is 9.21 Å². The highest BCUT2D eigenvalue weighted by Crippen LogP contribution is 2.28. The first kappa shape index (κ1) is 31.7. The first-order valence-electron chi connectivity index (χ1n) is 13.8. The number of sulfonamides is 1. The molecule has 40 heavy (non-hydrogen) atoms. The molecule has 1 amide bonds. The zero-order valence-corrected chi connectivity index (χ0v) is 26.4. The number of amides is 1. The van der Waals surface area contributed by atoms with Crippen molar-refractivity contribution in [3.05, 3.63) is 77.2 Å². The Hall–Kier alpha value is -2.81. The van der Waals surface area contributed by atoms with Gasteiger partial charge in [-0.05, 0) is 78.8 Å². The average Bonchev–Trinajstić information content (AvgIpc) is 3.38. The lowest BCUT2D eigenvalue weighted by Gasteiger charge is -2.36. The standard InChI is InChI=1S/C32H43N3O3S2/c1-23(2)20-34(21-24(3)4)32(36)30(18-27-11-9-8-10-12-27)35(22-25(5)17-26(6)33-7)40(37,38)29-13-14-31-28(19-29)15-16-39-31/h8-17,19,23-24,30H,18,20-22H2,1-7H3/b25-17+,33-26?/t30-/m0/s1. The Morgan fingerprint density at radius 3 is 2.23 bits per heavy atom. The van der Waals surface area contributed by atoms with E-state index in [0.717, 1.165) is 26.9 Å². The van der Waals surface area contributed by atoms with Crippen molar-refractivity contribution >= 4 is 43.1 Å². The van der Waals surface area contributed by atoms with Crippen LogP contribution in [0.4, 0.5) is 0 Å². The van der Waals surface area contributed by atoms with Crippen molar-refractivity contribution in [3.63, 3.8) is 0 Å². The van der Waals surface area contributed by atoms with Crippen molar-refractivity contribution in [2.45, 2.75) is 58.9 Å². The summed E-state index contributed by atoms with van der Waals surface area (Å²) in [5.74, 6) is 0.326. The van der Waals surface area contributed by atoms with Gasteiger partial charge in [-0.3, -0.25) is 9.79 Å². The minimum absolute atomic E-state index is 0.0807. The lowest BCUT2D eigenvalue weighted by molar-refractivity contribution is -0.136. The Morgan fingerprint density at radius 2 is 1.62 bits per heavy atom. The van der Waals surface area contributed by atoms with E-state index in [1.807, 2.05) is 72.7 Å². The molecule has 1 heterocycles. The van der Waals surface area contributed by atoms with Crippen LogP contribution in [0, 0.1) is 11.8 Å². The van der Waals surface area contributed by atoms with E-state index >= 15 is 0 Å². The second-order valence-electron chi connectivity index (χ2n) is 11.3. The van der Waals surface area contributed by atoms with E-state index in [-0.39, 0.29) is 35.6 Å². The van der Waals surface area contributed by atoms with Gasteiger partial charge in [0.15, 0.2) is 0 Å². The maximum absolute atomic E-state index is 14.5. The third-order valence-electron chi connectivity index (χ3n) is 6.63. The summed E-state index contributed by atoms with van der Waals surface area (Å²) in [6.07, 6.45) is 2.16. The monoisotopic (exact) mass is 581 g/mol. The van der Waals surface area contributed by atoms with Gasteiger partial charge in [0.25, 0.3) is 0 Å². The van der Waals surface area contributed by atoms with Gasteiger partial charge in [0.2, 0.25) is 15.9 Å². The topological polar surface area (TPSA) is 70.1 Å². The number of thiophene rings is 1. The molecule has 0 radical (unpaired) electrons. The van der Waals surface area contributed by atoms with E-state index in [2.05, 4.69) is 32.7 Å². The first-order chi connectivity index (χ1) is 18.9. The summed E-state index contributed by atoms with van der Waals surface area (Å²) in [5, 5.41) is 2.83. The van der Waals surface area contributed by atoms with Crippen molar-refractivity contribution < 1.29 is 13.2 Å². The van der Waals surface area contributed by atoms with Crippen LogP contribution in [0.15, 0.2) is 81.5 Å². The van der Waals surface area contributed by atoms with E-state index in [9.17, 15) is 13.2 Å². The number of aliphatic imine (C=N–C) groups is 1. The molecule has 1 aromatic heterocycles. The maximum atomic E-state index is 14.5. The Morgan fingerprint density at radius 1 is 0.975 bits per heavy atom. The number of carbonyl (C=O) groups excluding carboxylic acids is 1. The van der Waals surface area contributed by atoms with Gasteiger partial charge in [0.1, 0.15) is 6.04 Å². The predicted octanol–water partition coefficient (Wildman–Crippen LogP) is 6.68. The largest absolute Gasteiger partial charge is 0.341 e. The molecule has 0 spiro atoms. The molecular formula is C32H43N3O3S2. The molecule has 3 rings (SSSR count). The Balaban J connectivity index is 2.20. The molecule has 6 nitrogen and oxygen atoms in total. The highest BCUT2D eigenvalue weighted by atomic mass is 32.2. The fourth-order valence-corrected chi connectivity index (χ4v) is 7.24. The summed E-state index contributed by atoms with van der Waals surface area (Å²) in [5.41, 5.74) is 2.52. The molecule has 0 N–H and O–H groups in total. The number of hydrogen-bond acceptors (Lipinski definition) is 5. The summed E-state index contributed by atoms with van der Waals surface area (Å²) < 4.78 is 31.4. The summed E-state index contributed by atoms with van der Waals surface area (Å²) in [7, 11) is -2.34. The van der Waals surface area contributed by atoms with Gasteiger partial charge in [-0.15, -0.1) is 11.3 Å². The van der Waals surface area contributed by atoms with Crippen LogP contribution in [0.25, 0.3) is 10.1 Å². The maximum Gasteiger partial charge on any atom is 0.244 e. The fraction of sp³-hybridized carbons (Fsp3) is 0.438.